The van der Waals surface area contributed by atoms with Gasteiger partial charge < -0.3 is 10.6 Å². The summed E-state index contributed by atoms with van der Waals surface area (Å²) in [4.78, 5) is 30.1. The molecule has 1 unspecified atom stereocenters. The number of hydrogen-bond acceptors (Lipinski definition) is 3. The van der Waals surface area contributed by atoms with Crippen molar-refractivity contribution in [2.45, 2.75) is 71.8 Å². The molecule has 0 aromatic carbocycles. The van der Waals surface area contributed by atoms with E-state index in [1.54, 1.807) is 4.40 Å². The van der Waals surface area contributed by atoms with Gasteiger partial charge in [0, 0.05) is 18.2 Å². The van der Waals surface area contributed by atoms with Gasteiger partial charge in [0.1, 0.15) is 5.65 Å². The molecule has 6 heteroatoms. The van der Waals surface area contributed by atoms with E-state index >= 15 is 0 Å². The molecule has 146 valence electrons. The molecule has 1 saturated carbocycles. The second-order valence-corrected chi connectivity index (χ2v) is 7.73. The second kappa shape index (κ2) is 8.55. The molecule has 2 heterocycles. The first kappa shape index (κ1) is 19.4. The van der Waals surface area contributed by atoms with Gasteiger partial charge in [-0.2, -0.15) is 0 Å². The third kappa shape index (κ3) is 4.49. The molecular weight excluding hydrogens is 340 g/mol. The molecule has 1 aliphatic rings. The minimum Gasteiger partial charge on any atom is -0.348 e. The quantitative estimate of drug-likeness (QED) is 0.804. The van der Waals surface area contributed by atoms with Crippen molar-refractivity contribution in [2.75, 3.05) is 5.32 Å². The number of pyridine rings is 1. The fourth-order valence-electron chi connectivity index (χ4n) is 3.76. The molecule has 0 saturated heterocycles. The van der Waals surface area contributed by atoms with Crippen LogP contribution in [0.15, 0.2) is 18.3 Å². The maximum Gasteiger partial charge on any atom is 0.272 e. The predicted octanol–water partition coefficient (Wildman–Crippen LogP) is 4.08. The summed E-state index contributed by atoms with van der Waals surface area (Å²) in [6.07, 6.45) is 9.19. The summed E-state index contributed by atoms with van der Waals surface area (Å²) in [5.74, 6) is -0.0280. The standard InChI is InChI=1S/C21H30N4O2/c1-4-8-15(3)20(26)24-19-18(21(27)22-16-9-6-5-7-10-16)25-13-14(2)11-12-17(25)23-19/h11-13,15-16H,4-10H2,1-3H3,(H,22,27)(H,24,26). The Balaban J connectivity index is 1.91. The molecule has 1 fully saturated rings. The van der Waals surface area contributed by atoms with Gasteiger partial charge in [-0.15, -0.1) is 0 Å². The van der Waals surface area contributed by atoms with E-state index < -0.39 is 0 Å². The van der Waals surface area contributed by atoms with Crippen LogP contribution in [0.4, 0.5) is 5.82 Å². The van der Waals surface area contributed by atoms with Gasteiger partial charge in [-0.1, -0.05) is 45.6 Å². The lowest BCUT2D eigenvalue weighted by atomic mass is 9.95. The number of amides is 2. The van der Waals surface area contributed by atoms with Crippen molar-refractivity contribution in [3.8, 4) is 0 Å². The molecule has 3 rings (SSSR count). The topological polar surface area (TPSA) is 75.5 Å². The molecule has 0 radical (unpaired) electrons. The highest BCUT2D eigenvalue weighted by Crippen LogP contribution is 2.22. The molecule has 6 nitrogen and oxygen atoms in total. The summed E-state index contributed by atoms with van der Waals surface area (Å²) in [5, 5.41) is 6.04. The van der Waals surface area contributed by atoms with Gasteiger partial charge in [-0.05, 0) is 37.8 Å². The van der Waals surface area contributed by atoms with Crippen molar-refractivity contribution in [3.63, 3.8) is 0 Å². The highest BCUT2D eigenvalue weighted by molar-refractivity contribution is 6.03. The first-order valence-electron chi connectivity index (χ1n) is 10.1. The van der Waals surface area contributed by atoms with Gasteiger partial charge in [0.05, 0.1) is 0 Å². The van der Waals surface area contributed by atoms with E-state index in [1.165, 1.54) is 6.42 Å². The van der Waals surface area contributed by atoms with Crippen molar-refractivity contribution >= 4 is 23.3 Å². The van der Waals surface area contributed by atoms with E-state index in [9.17, 15) is 9.59 Å². The van der Waals surface area contributed by atoms with E-state index in [1.807, 2.05) is 32.2 Å². The second-order valence-electron chi connectivity index (χ2n) is 7.73. The molecular formula is C21H30N4O2. The van der Waals surface area contributed by atoms with Crippen LogP contribution in [0.1, 0.15) is 74.8 Å². The average molecular weight is 370 g/mol. The number of carbonyl (C=O) groups excluding carboxylic acids is 2. The number of carbonyl (C=O) groups is 2. The number of hydrogen-bond donors (Lipinski definition) is 2. The van der Waals surface area contributed by atoms with Crippen LogP contribution < -0.4 is 10.6 Å². The Morgan fingerprint density at radius 2 is 2.00 bits per heavy atom. The number of aryl methyl sites for hydroxylation is 1. The Hall–Kier alpha value is -2.37. The van der Waals surface area contributed by atoms with Crippen molar-refractivity contribution in [2.24, 2.45) is 5.92 Å². The minimum atomic E-state index is -0.168. The molecule has 1 atom stereocenters. The van der Waals surface area contributed by atoms with E-state index in [0.29, 0.717) is 17.2 Å². The van der Waals surface area contributed by atoms with Gasteiger partial charge in [-0.3, -0.25) is 14.0 Å². The van der Waals surface area contributed by atoms with Gasteiger partial charge in [0.2, 0.25) is 5.91 Å². The summed E-state index contributed by atoms with van der Waals surface area (Å²) >= 11 is 0. The zero-order valence-electron chi connectivity index (χ0n) is 16.5. The van der Waals surface area contributed by atoms with Crippen LogP contribution in [0.25, 0.3) is 5.65 Å². The van der Waals surface area contributed by atoms with Crippen LogP contribution in [0, 0.1) is 12.8 Å². The summed E-state index contributed by atoms with van der Waals surface area (Å²) in [7, 11) is 0. The monoisotopic (exact) mass is 370 g/mol. The normalized spacial score (nSPS) is 16.3. The fourth-order valence-corrected chi connectivity index (χ4v) is 3.76. The minimum absolute atomic E-state index is 0.0938. The van der Waals surface area contributed by atoms with E-state index in [4.69, 9.17) is 0 Å². The molecule has 0 bridgehead atoms. The van der Waals surface area contributed by atoms with Crippen LogP contribution in [0.3, 0.4) is 0 Å². The number of aromatic nitrogens is 2. The van der Waals surface area contributed by atoms with Crippen molar-refractivity contribution in [3.05, 3.63) is 29.6 Å². The third-order valence-electron chi connectivity index (χ3n) is 5.33. The Morgan fingerprint density at radius 1 is 1.26 bits per heavy atom. The Kier molecular flexibility index (Phi) is 6.14. The number of fused-ring (bicyclic) bond motifs is 1. The maximum atomic E-state index is 13.1. The van der Waals surface area contributed by atoms with Crippen molar-refractivity contribution < 1.29 is 9.59 Å². The zero-order chi connectivity index (χ0) is 19.4. The summed E-state index contributed by atoms with van der Waals surface area (Å²) < 4.78 is 1.79. The Bertz CT molecular complexity index is 821. The summed E-state index contributed by atoms with van der Waals surface area (Å²) in [6, 6.07) is 4.03. The number of nitrogens with one attached hydrogen (secondary N) is 2. The van der Waals surface area contributed by atoms with Gasteiger partial charge in [0.15, 0.2) is 11.5 Å². The van der Waals surface area contributed by atoms with Gasteiger partial charge in [0.25, 0.3) is 5.91 Å². The summed E-state index contributed by atoms with van der Waals surface area (Å²) in [5.41, 5.74) is 2.10. The molecule has 1 aliphatic carbocycles. The molecule has 2 amide bonds. The highest BCUT2D eigenvalue weighted by Gasteiger charge is 2.25. The van der Waals surface area contributed by atoms with Crippen LogP contribution in [0.2, 0.25) is 0 Å². The van der Waals surface area contributed by atoms with Crippen molar-refractivity contribution in [1.29, 1.82) is 0 Å². The molecule has 2 aromatic heterocycles. The van der Waals surface area contributed by atoms with Crippen LogP contribution in [-0.4, -0.2) is 27.2 Å². The largest absolute Gasteiger partial charge is 0.348 e. The number of rotatable bonds is 6. The van der Waals surface area contributed by atoms with Crippen LogP contribution in [0.5, 0.6) is 0 Å². The lowest BCUT2D eigenvalue weighted by Gasteiger charge is -2.23. The van der Waals surface area contributed by atoms with E-state index in [0.717, 1.165) is 44.1 Å². The van der Waals surface area contributed by atoms with Gasteiger partial charge in [-0.25, -0.2) is 4.98 Å². The lowest BCUT2D eigenvalue weighted by molar-refractivity contribution is -0.119. The first-order chi connectivity index (χ1) is 13.0. The molecule has 27 heavy (non-hydrogen) atoms. The zero-order valence-corrected chi connectivity index (χ0v) is 16.5. The third-order valence-corrected chi connectivity index (χ3v) is 5.33. The average Bonchev–Trinajstić information content (AvgIpc) is 2.99. The number of nitrogens with zero attached hydrogens (tertiary/aromatic N) is 2. The highest BCUT2D eigenvalue weighted by atomic mass is 16.2. The fraction of sp³-hybridized carbons (Fsp3) is 0.571. The number of imidazole rings is 1. The van der Waals surface area contributed by atoms with E-state index in [-0.39, 0.29) is 23.8 Å². The molecule has 2 N–H and O–H groups in total. The maximum absolute atomic E-state index is 13.1. The molecule has 2 aromatic rings. The number of anilines is 1. The smallest absolute Gasteiger partial charge is 0.272 e. The van der Waals surface area contributed by atoms with Crippen LogP contribution in [-0.2, 0) is 4.79 Å². The Labute approximate surface area is 160 Å². The first-order valence-corrected chi connectivity index (χ1v) is 10.1. The predicted molar refractivity (Wildman–Crippen MR) is 107 cm³/mol. The molecule has 0 aliphatic heterocycles. The Morgan fingerprint density at radius 3 is 2.70 bits per heavy atom. The molecule has 0 spiro atoms. The van der Waals surface area contributed by atoms with E-state index in [2.05, 4.69) is 22.5 Å². The van der Waals surface area contributed by atoms with Gasteiger partial charge >= 0.3 is 0 Å². The SMILES string of the molecule is CCCC(C)C(=O)Nc1nc2ccc(C)cn2c1C(=O)NC1CCCCC1. The van der Waals surface area contributed by atoms with Crippen LogP contribution >= 0.6 is 0 Å². The summed E-state index contributed by atoms with van der Waals surface area (Å²) in [6.45, 7) is 5.94. The van der Waals surface area contributed by atoms with Crippen molar-refractivity contribution in [1.82, 2.24) is 14.7 Å². The lowest BCUT2D eigenvalue weighted by Crippen LogP contribution is -2.37.